The van der Waals surface area contributed by atoms with Crippen molar-refractivity contribution in [1.29, 1.82) is 0 Å². The monoisotopic (exact) mass is 176 g/mol. The summed E-state index contributed by atoms with van der Waals surface area (Å²) in [5.41, 5.74) is 0. The summed E-state index contributed by atoms with van der Waals surface area (Å²) in [6, 6.07) is 0.405. The van der Waals surface area contributed by atoms with Crippen LogP contribution in [0.15, 0.2) is 0 Å². The second-order valence-electron chi connectivity index (χ2n) is 2.68. The van der Waals surface area contributed by atoms with Crippen LogP contribution >= 0.6 is 0 Å². The summed E-state index contributed by atoms with van der Waals surface area (Å²) in [5.74, 6) is -0.254. The molecule has 0 spiro atoms. The van der Waals surface area contributed by atoms with E-state index in [1.165, 1.54) is 6.92 Å². The first-order valence-electron chi connectivity index (χ1n) is 3.53. The van der Waals surface area contributed by atoms with Crippen molar-refractivity contribution in [2.24, 2.45) is 0 Å². The maximum absolute atomic E-state index is 11.1. The summed E-state index contributed by atoms with van der Waals surface area (Å²) >= 11 is -1.33. The van der Waals surface area contributed by atoms with E-state index in [0.717, 1.165) is 12.8 Å². The third-order valence-corrected chi connectivity index (χ3v) is 2.84. The van der Waals surface area contributed by atoms with E-state index in [1.54, 1.807) is 11.4 Å². The molecule has 1 unspecified atom stereocenters. The molecule has 1 rings (SSSR count). The Balaban J connectivity index is 2.33. The fourth-order valence-electron chi connectivity index (χ4n) is 0.768. The molecule has 0 aromatic heterocycles. The summed E-state index contributed by atoms with van der Waals surface area (Å²) in [6.07, 6.45) is 2.17. The number of carbonyl (C=O) groups is 1. The Morgan fingerprint density at radius 3 is 2.55 bits per heavy atom. The van der Waals surface area contributed by atoms with Crippen molar-refractivity contribution in [2.45, 2.75) is 25.8 Å². The number of nitrogens with zero attached hydrogens (tertiary/aromatic N) is 1. The summed E-state index contributed by atoms with van der Waals surface area (Å²) in [6.45, 7) is 1.36. The molecule has 0 aliphatic heterocycles. The lowest BCUT2D eigenvalue weighted by Gasteiger charge is -2.13. The summed E-state index contributed by atoms with van der Waals surface area (Å²) in [4.78, 5) is 10.5. The van der Waals surface area contributed by atoms with Crippen LogP contribution in [0.1, 0.15) is 19.8 Å². The first-order valence-corrected chi connectivity index (χ1v) is 4.64. The number of amides is 1. The molecule has 1 fully saturated rings. The van der Waals surface area contributed by atoms with Crippen molar-refractivity contribution in [3.8, 4) is 0 Å². The van der Waals surface area contributed by atoms with Crippen LogP contribution in [0.4, 0.5) is 0 Å². The van der Waals surface area contributed by atoms with Gasteiger partial charge < -0.3 is 0 Å². The average Bonchev–Trinajstić information content (AvgIpc) is 2.65. The van der Waals surface area contributed by atoms with E-state index in [9.17, 15) is 9.00 Å². The van der Waals surface area contributed by atoms with Crippen LogP contribution in [0, 0.1) is 0 Å². The quantitative estimate of drug-likeness (QED) is 0.647. The minimum Gasteiger partial charge on any atom is -0.274 e. The van der Waals surface area contributed by atoms with Gasteiger partial charge in [0.25, 0.3) is 0 Å². The van der Waals surface area contributed by atoms with E-state index < -0.39 is 11.2 Å². The Kier molecular flexibility index (Phi) is 2.62. The lowest BCUT2D eigenvalue weighted by Crippen LogP contribution is -2.36. The highest BCUT2D eigenvalue weighted by Gasteiger charge is 2.29. The van der Waals surface area contributed by atoms with Crippen molar-refractivity contribution in [3.63, 3.8) is 0 Å². The summed E-state index contributed by atoms with van der Waals surface area (Å²) in [5, 5.41) is 0. The van der Waals surface area contributed by atoms with E-state index in [0.29, 0.717) is 6.04 Å². The zero-order valence-corrected chi connectivity index (χ0v) is 7.48. The van der Waals surface area contributed by atoms with Gasteiger partial charge in [-0.15, -0.1) is 0 Å². The molecule has 1 N–H and O–H groups in total. The van der Waals surface area contributed by atoms with Crippen LogP contribution < -0.4 is 4.72 Å². The standard InChI is InChI=1S/C6H12N2O2S/c1-5(9)7-11(10)8(2)6-3-4-6/h6H,3-4H2,1-2H3,(H,7,9). The van der Waals surface area contributed by atoms with Gasteiger partial charge in [-0.05, 0) is 12.8 Å². The highest BCUT2D eigenvalue weighted by molar-refractivity contribution is 7.81. The molecule has 0 radical (unpaired) electrons. The number of hydrogen-bond acceptors (Lipinski definition) is 2. The first-order chi connectivity index (χ1) is 5.11. The average molecular weight is 176 g/mol. The molecule has 0 saturated heterocycles. The van der Waals surface area contributed by atoms with E-state index in [1.807, 2.05) is 0 Å². The maximum Gasteiger partial charge on any atom is 0.229 e. The van der Waals surface area contributed by atoms with Gasteiger partial charge in [0, 0.05) is 20.0 Å². The lowest BCUT2D eigenvalue weighted by molar-refractivity contribution is -0.117. The Labute approximate surface area is 68.7 Å². The summed E-state index contributed by atoms with van der Waals surface area (Å²) < 4.78 is 15.1. The number of rotatable bonds is 3. The number of hydrogen-bond donors (Lipinski definition) is 1. The first kappa shape index (κ1) is 8.67. The molecule has 0 aromatic carbocycles. The van der Waals surface area contributed by atoms with Gasteiger partial charge in [0.2, 0.25) is 5.91 Å². The van der Waals surface area contributed by atoms with Crippen molar-refractivity contribution < 1.29 is 9.00 Å². The predicted molar refractivity (Wildman–Crippen MR) is 42.7 cm³/mol. The van der Waals surface area contributed by atoms with Crippen molar-refractivity contribution in [1.82, 2.24) is 9.03 Å². The fraction of sp³-hybridized carbons (Fsp3) is 0.833. The van der Waals surface area contributed by atoms with E-state index in [4.69, 9.17) is 0 Å². The maximum atomic E-state index is 11.1. The Morgan fingerprint density at radius 1 is 1.64 bits per heavy atom. The van der Waals surface area contributed by atoms with Crippen molar-refractivity contribution >= 4 is 17.1 Å². The zero-order chi connectivity index (χ0) is 8.43. The van der Waals surface area contributed by atoms with Crippen molar-refractivity contribution in [3.05, 3.63) is 0 Å². The fourth-order valence-corrected chi connectivity index (χ4v) is 1.64. The van der Waals surface area contributed by atoms with E-state index in [-0.39, 0.29) is 5.91 Å². The Bertz CT molecular complexity index is 191. The minimum atomic E-state index is -1.33. The highest BCUT2D eigenvalue weighted by atomic mass is 32.2. The van der Waals surface area contributed by atoms with Gasteiger partial charge in [0.1, 0.15) is 0 Å². The van der Waals surface area contributed by atoms with Crippen LogP contribution in [0.5, 0.6) is 0 Å². The largest absolute Gasteiger partial charge is 0.274 e. The lowest BCUT2D eigenvalue weighted by atomic mass is 10.7. The van der Waals surface area contributed by atoms with E-state index >= 15 is 0 Å². The van der Waals surface area contributed by atoms with Gasteiger partial charge in [-0.1, -0.05) is 0 Å². The molecule has 1 atom stereocenters. The van der Waals surface area contributed by atoms with E-state index in [2.05, 4.69) is 4.72 Å². The van der Waals surface area contributed by atoms with Gasteiger partial charge >= 0.3 is 0 Å². The van der Waals surface area contributed by atoms with Crippen LogP contribution in [0.25, 0.3) is 0 Å². The topological polar surface area (TPSA) is 49.4 Å². The van der Waals surface area contributed by atoms with Crippen LogP contribution in [0.2, 0.25) is 0 Å². The SMILES string of the molecule is CC(=O)NS(=O)N(C)C1CC1. The third-order valence-electron chi connectivity index (χ3n) is 1.55. The number of nitrogens with one attached hydrogen (secondary N) is 1. The minimum absolute atomic E-state index is 0.254. The zero-order valence-electron chi connectivity index (χ0n) is 6.66. The Morgan fingerprint density at radius 2 is 2.18 bits per heavy atom. The third kappa shape index (κ3) is 2.59. The predicted octanol–water partition coefficient (Wildman–Crippen LogP) is -0.205. The molecule has 11 heavy (non-hydrogen) atoms. The summed E-state index contributed by atoms with van der Waals surface area (Å²) in [7, 11) is 1.75. The van der Waals surface area contributed by atoms with Crippen LogP contribution in [-0.4, -0.2) is 27.5 Å². The normalized spacial score (nSPS) is 19.9. The second-order valence-corrected chi connectivity index (χ2v) is 3.96. The molecule has 1 amide bonds. The van der Waals surface area contributed by atoms with Crippen molar-refractivity contribution in [2.75, 3.05) is 7.05 Å². The van der Waals surface area contributed by atoms with Crippen LogP contribution in [0.3, 0.4) is 0 Å². The van der Waals surface area contributed by atoms with Gasteiger partial charge in [-0.25, -0.2) is 8.51 Å². The van der Waals surface area contributed by atoms with Gasteiger partial charge in [0.05, 0.1) is 0 Å². The molecule has 1 aliphatic rings. The van der Waals surface area contributed by atoms with Gasteiger partial charge in [-0.2, -0.15) is 0 Å². The molecule has 0 aromatic rings. The van der Waals surface area contributed by atoms with Gasteiger partial charge in [-0.3, -0.25) is 9.52 Å². The molecule has 64 valence electrons. The molecular formula is C6H12N2O2S. The Hall–Kier alpha value is -0.420. The molecule has 0 heterocycles. The molecule has 1 saturated carbocycles. The van der Waals surface area contributed by atoms with Crippen LogP contribution in [-0.2, 0) is 16.0 Å². The molecule has 4 nitrogen and oxygen atoms in total. The second kappa shape index (κ2) is 3.32. The number of carbonyl (C=O) groups excluding carboxylic acids is 1. The molecular weight excluding hydrogens is 164 g/mol. The molecule has 5 heteroatoms. The molecule has 1 aliphatic carbocycles. The molecule has 0 bridgehead atoms. The highest BCUT2D eigenvalue weighted by Crippen LogP contribution is 2.25. The van der Waals surface area contributed by atoms with Gasteiger partial charge in [0.15, 0.2) is 11.2 Å². The smallest absolute Gasteiger partial charge is 0.229 e.